The van der Waals surface area contributed by atoms with Gasteiger partial charge in [-0.2, -0.15) is 17.0 Å². The molecule has 2 rings (SSSR count). The zero-order valence-electron chi connectivity index (χ0n) is 10.3. The van der Waals surface area contributed by atoms with Gasteiger partial charge in [0, 0.05) is 37.8 Å². The van der Waals surface area contributed by atoms with E-state index in [-0.39, 0.29) is 12.0 Å². The molecule has 1 amide bonds. The lowest BCUT2D eigenvalue weighted by Gasteiger charge is -2.36. The third-order valence-corrected chi connectivity index (χ3v) is 4.80. The van der Waals surface area contributed by atoms with Crippen LogP contribution in [0.4, 0.5) is 0 Å². The lowest BCUT2D eigenvalue weighted by Crippen LogP contribution is -2.52. The zero-order valence-corrected chi connectivity index (χ0v) is 11.1. The molecule has 17 heavy (non-hydrogen) atoms. The molecule has 2 atom stereocenters. The third kappa shape index (κ3) is 2.93. The third-order valence-electron chi connectivity index (χ3n) is 3.64. The molecule has 2 fully saturated rings. The van der Waals surface area contributed by atoms with Crippen LogP contribution in [-0.2, 0) is 4.79 Å². The van der Waals surface area contributed by atoms with Gasteiger partial charge in [-0.3, -0.25) is 9.69 Å². The van der Waals surface area contributed by atoms with E-state index in [4.69, 9.17) is 5.26 Å². The summed E-state index contributed by atoms with van der Waals surface area (Å²) in [5.41, 5.74) is 0. The molecule has 0 bridgehead atoms. The molecule has 0 aromatic heterocycles. The molecule has 2 aliphatic heterocycles. The number of carbonyl (C=O) groups is 1. The molecule has 94 valence electrons. The Kier molecular flexibility index (Phi) is 4.30. The first-order chi connectivity index (χ1) is 8.22. The lowest BCUT2D eigenvalue weighted by molar-refractivity contribution is -0.136. The molecule has 5 heteroatoms. The van der Waals surface area contributed by atoms with Gasteiger partial charge >= 0.3 is 0 Å². The molecule has 0 aromatic carbocycles. The number of thioether (sulfide) groups is 1. The summed E-state index contributed by atoms with van der Waals surface area (Å²) in [6.45, 7) is 5.16. The molecule has 0 aliphatic carbocycles. The van der Waals surface area contributed by atoms with Crippen LogP contribution in [0.5, 0.6) is 0 Å². The van der Waals surface area contributed by atoms with Crippen molar-refractivity contribution in [3.8, 4) is 6.07 Å². The van der Waals surface area contributed by atoms with Gasteiger partial charge in [0.1, 0.15) is 0 Å². The summed E-state index contributed by atoms with van der Waals surface area (Å²) < 4.78 is 0. The van der Waals surface area contributed by atoms with Gasteiger partial charge in [-0.1, -0.05) is 0 Å². The SMILES string of the molecule is CC(C#N)N1CCN(C(=O)C2CCSC2)CC1. The van der Waals surface area contributed by atoms with Crippen molar-refractivity contribution in [1.82, 2.24) is 9.80 Å². The van der Waals surface area contributed by atoms with Crippen molar-refractivity contribution in [2.45, 2.75) is 19.4 Å². The first-order valence-electron chi connectivity index (χ1n) is 6.22. The summed E-state index contributed by atoms with van der Waals surface area (Å²) >= 11 is 1.88. The lowest BCUT2D eigenvalue weighted by atomic mass is 10.1. The number of carbonyl (C=O) groups excluding carboxylic acids is 1. The highest BCUT2D eigenvalue weighted by atomic mass is 32.2. The predicted octanol–water partition coefficient (Wildman–Crippen LogP) is 0.796. The molecule has 0 aromatic rings. The molecule has 2 saturated heterocycles. The molecule has 0 N–H and O–H groups in total. The van der Waals surface area contributed by atoms with Gasteiger partial charge in [0.05, 0.1) is 12.1 Å². The van der Waals surface area contributed by atoms with E-state index in [0.717, 1.165) is 44.1 Å². The van der Waals surface area contributed by atoms with Crippen molar-refractivity contribution in [2.24, 2.45) is 5.92 Å². The van der Waals surface area contributed by atoms with Crippen LogP contribution >= 0.6 is 11.8 Å². The summed E-state index contributed by atoms with van der Waals surface area (Å²) in [7, 11) is 0. The van der Waals surface area contributed by atoms with E-state index in [0.29, 0.717) is 5.91 Å². The van der Waals surface area contributed by atoms with Gasteiger partial charge in [-0.05, 0) is 19.1 Å². The first kappa shape index (κ1) is 12.7. The maximum absolute atomic E-state index is 12.2. The Balaban J connectivity index is 1.82. The first-order valence-corrected chi connectivity index (χ1v) is 7.38. The van der Waals surface area contributed by atoms with Crippen LogP contribution in [0.2, 0.25) is 0 Å². The summed E-state index contributed by atoms with van der Waals surface area (Å²) in [6, 6.07) is 2.22. The second-order valence-corrected chi connectivity index (χ2v) is 5.88. The molecule has 0 radical (unpaired) electrons. The number of nitrogens with zero attached hydrogens (tertiary/aromatic N) is 3. The van der Waals surface area contributed by atoms with Gasteiger partial charge in [-0.25, -0.2) is 0 Å². The fourth-order valence-electron chi connectivity index (χ4n) is 2.40. The average Bonchev–Trinajstić information content (AvgIpc) is 2.91. The van der Waals surface area contributed by atoms with E-state index >= 15 is 0 Å². The van der Waals surface area contributed by atoms with Crippen LogP contribution in [0.3, 0.4) is 0 Å². The minimum absolute atomic E-state index is 0.0331. The van der Waals surface area contributed by atoms with Crippen molar-refractivity contribution >= 4 is 17.7 Å². The van der Waals surface area contributed by atoms with E-state index in [9.17, 15) is 4.79 Å². The van der Waals surface area contributed by atoms with Gasteiger partial charge in [0.2, 0.25) is 5.91 Å². The summed E-state index contributed by atoms with van der Waals surface area (Å²) in [5.74, 6) is 2.70. The maximum atomic E-state index is 12.2. The second-order valence-electron chi connectivity index (χ2n) is 4.73. The largest absolute Gasteiger partial charge is 0.340 e. The Morgan fingerprint density at radius 2 is 2.12 bits per heavy atom. The minimum atomic E-state index is -0.0331. The molecular weight excluding hydrogens is 234 g/mol. The van der Waals surface area contributed by atoms with Gasteiger partial charge in [-0.15, -0.1) is 0 Å². The molecule has 0 spiro atoms. The fraction of sp³-hybridized carbons (Fsp3) is 0.833. The Labute approximate surface area is 107 Å². The van der Waals surface area contributed by atoms with Gasteiger partial charge in [0.15, 0.2) is 0 Å². The van der Waals surface area contributed by atoms with Crippen LogP contribution in [-0.4, -0.2) is 59.4 Å². The molecule has 2 aliphatic rings. The average molecular weight is 253 g/mol. The minimum Gasteiger partial charge on any atom is -0.340 e. The van der Waals surface area contributed by atoms with Crippen molar-refractivity contribution in [2.75, 3.05) is 37.7 Å². The molecule has 0 saturated carbocycles. The Morgan fingerprint density at radius 3 is 2.65 bits per heavy atom. The van der Waals surface area contributed by atoms with Crippen LogP contribution in [0.15, 0.2) is 0 Å². The molecular formula is C12H19N3OS. The van der Waals surface area contributed by atoms with Gasteiger partial charge < -0.3 is 4.90 Å². The maximum Gasteiger partial charge on any atom is 0.226 e. The van der Waals surface area contributed by atoms with Crippen LogP contribution in [0.1, 0.15) is 13.3 Å². The standard InChI is InChI=1S/C12H19N3OS/c1-10(8-13)14-3-5-15(6-4-14)12(16)11-2-7-17-9-11/h10-11H,2-7,9H2,1H3. The van der Waals surface area contributed by atoms with Crippen LogP contribution in [0.25, 0.3) is 0 Å². The molecule has 2 unspecified atom stereocenters. The second kappa shape index (κ2) is 5.74. The number of hydrogen-bond donors (Lipinski definition) is 0. The van der Waals surface area contributed by atoms with Gasteiger partial charge in [0.25, 0.3) is 0 Å². The summed E-state index contributed by atoms with van der Waals surface area (Å²) in [4.78, 5) is 16.3. The van der Waals surface area contributed by atoms with Crippen molar-refractivity contribution in [3.63, 3.8) is 0 Å². The smallest absolute Gasteiger partial charge is 0.226 e. The van der Waals surface area contributed by atoms with Crippen molar-refractivity contribution in [1.29, 1.82) is 5.26 Å². The number of amides is 1. The monoisotopic (exact) mass is 253 g/mol. The van der Waals surface area contributed by atoms with Crippen LogP contribution < -0.4 is 0 Å². The van der Waals surface area contributed by atoms with E-state index in [1.807, 2.05) is 23.6 Å². The topological polar surface area (TPSA) is 47.3 Å². The predicted molar refractivity (Wildman–Crippen MR) is 68.7 cm³/mol. The van der Waals surface area contributed by atoms with Crippen molar-refractivity contribution in [3.05, 3.63) is 0 Å². The Morgan fingerprint density at radius 1 is 1.41 bits per heavy atom. The highest BCUT2D eigenvalue weighted by molar-refractivity contribution is 7.99. The fourth-order valence-corrected chi connectivity index (χ4v) is 3.61. The van der Waals surface area contributed by atoms with Crippen molar-refractivity contribution < 1.29 is 4.79 Å². The number of nitriles is 1. The van der Waals surface area contributed by atoms with Crippen LogP contribution in [0, 0.1) is 17.2 Å². The van der Waals surface area contributed by atoms with E-state index in [1.165, 1.54) is 0 Å². The normalized spacial score (nSPS) is 27.8. The zero-order chi connectivity index (χ0) is 12.3. The number of hydrogen-bond acceptors (Lipinski definition) is 4. The Bertz CT molecular complexity index is 314. The van der Waals surface area contributed by atoms with E-state index in [2.05, 4.69) is 11.0 Å². The quantitative estimate of drug-likeness (QED) is 0.730. The van der Waals surface area contributed by atoms with E-state index in [1.54, 1.807) is 0 Å². The summed E-state index contributed by atoms with van der Waals surface area (Å²) in [6.07, 6.45) is 1.04. The molecule has 4 nitrogen and oxygen atoms in total. The Hall–Kier alpha value is -0.730. The highest BCUT2D eigenvalue weighted by Crippen LogP contribution is 2.25. The number of rotatable bonds is 2. The summed E-state index contributed by atoms with van der Waals surface area (Å²) in [5, 5.41) is 8.86. The molecule has 2 heterocycles. The highest BCUT2D eigenvalue weighted by Gasteiger charge is 2.30. The van der Waals surface area contributed by atoms with E-state index < -0.39 is 0 Å². The number of piperazine rings is 1.